The maximum atomic E-state index is 11.9. The Hall–Kier alpha value is -1.39. The molecule has 4 nitrogen and oxygen atoms in total. The second kappa shape index (κ2) is 7.05. The SMILES string of the molecule is CCCC1CCN(CCC(N)(C(N)=O)c2ccccc2)C1. The third-order valence-electron chi connectivity index (χ3n) is 4.62. The van der Waals surface area contributed by atoms with Crippen molar-refractivity contribution in [2.45, 2.75) is 38.1 Å². The molecule has 1 heterocycles. The highest BCUT2D eigenvalue weighted by Crippen LogP contribution is 2.25. The Balaban J connectivity index is 1.97. The standard InChI is InChI=1S/C17H27N3O/c1-2-6-14-9-11-20(13-14)12-10-17(19,16(18)21)15-7-4-3-5-8-15/h3-5,7-8,14H,2,6,9-13,19H2,1H3,(H2,18,21). The molecule has 21 heavy (non-hydrogen) atoms. The van der Waals surface area contributed by atoms with Crippen LogP contribution in [0.2, 0.25) is 0 Å². The number of hydrogen-bond donors (Lipinski definition) is 2. The first-order valence-electron chi connectivity index (χ1n) is 7.93. The number of benzene rings is 1. The lowest BCUT2D eigenvalue weighted by atomic mass is 9.87. The molecule has 1 aliphatic rings. The molecule has 116 valence electrons. The van der Waals surface area contributed by atoms with Crippen molar-refractivity contribution in [2.75, 3.05) is 19.6 Å². The van der Waals surface area contributed by atoms with Gasteiger partial charge in [0.15, 0.2) is 0 Å². The Morgan fingerprint density at radius 1 is 1.38 bits per heavy atom. The molecule has 1 aliphatic heterocycles. The highest BCUT2D eigenvalue weighted by Gasteiger charge is 2.35. The third kappa shape index (κ3) is 3.83. The normalized spacial score (nSPS) is 22.1. The molecule has 0 aromatic heterocycles. The maximum absolute atomic E-state index is 11.9. The Morgan fingerprint density at radius 3 is 2.71 bits per heavy atom. The van der Waals surface area contributed by atoms with Gasteiger partial charge in [0, 0.05) is 13.1 Å². The van der Waals surface area contributed by atoms with E-state index < -0.39 is 11.4 Å². The number of primary amides is 1. The van der Waals surface area contributed by atoms with Crippen LogP contribution in [-0.4, -0.2) is 30.4 Å². The van der Waals surface area contributed by atoms with E-state index in [1.165, 1.54) is 19.3 Å². The molecule has 1 aromatic carbocycles. The minimum Gasteiger partial charge on any atom is -0.368 e. The van der Waals surface area contributed by atoms with Crippen molar-refractivity contribution in [1.29, 1.82) is 0 Å². The van der Waals surface area contributed by atoms with Crippen molar-refractivity contribution < 1.29 is 4.79 Å². The smallest absolute Gasteiger partial charge is 0.242 e. The molecule has 0 spiro atoms. The summed E-state index contributed by atoms with van der Waals surface area (Å²) in [5.41, 5.74) is 11.7. The Morgan fingerprint density at radius 2 is 2.10 bits per heavy atom. The molecule has 0 bridgehead atoms. The minimum atomic E-state index is -1.07. The van der Waals surface area contributed by atoms with Crippen LogP contribution in [0.3, 0.4) is 0 Å². The molecule has 2 rings (SSSR count). The fraction of sp³-hybridized carbons (Fsp3) is 0.588. The van der Waals surface area contributed by atoms with E-state index in [0.717, 1.165) is 31.1 Å². The van der Waals surface area contributed by atoms with Crippen molar-refractivity contribution >= 4 is 5.91 Å². The molecule has 4 heteroatoms. The highest BCUT2D eigenvalue weighted by atomic mass is 16.1. The number of likely N-dealkylation sites (tertiary alicyclic amines) is 1. The first-order chi connectivity index (χ1) is 10.1. The van der Waals surface area contributed by atoms with E-state index in [9.17, 15) is 4.79 Å². The summed E-state index contributed by atoms with van der Waals surface area (Å²) in [6.07, 6.45) is 4.36. The van der Waals surface area contributed by atoms with E-state index in [-0.39, 0.29) is 0 Å². The van der Waals surface area contributed by atoms with Crippen LogP contribution < -0.4 is 11.5 Å². The van der Waals surface area contributed by atoms with Crippen molar-refractivity contribution in [3.05, 3.63) is 35.9 Å². The van der Waals surface area contributed by atoms with Gasteiger partial charge in [-0.2, -0.15) is 0 Å². The molecule has 2 unspecified atom stereocenters. The molecule has 0 aliphatic carbocycles. The first-order valence-corrected chi connectivity index (χ1v) is 7.93. The number of nitrogens with zero attached hydrogens (tertiary/aromatic N) is 1. The average Bonchev–Trinajstić information content (AvgIpc) is 2.93. The lowest BCUT2D eigenvalue weighted by molar-refractivity contribution is -0.123. The zero-order valence-electron chi connectivity index (χ0n) is 12.9. The highest BCUT2D eigenvalue weighted by molar-refractivity contribution is 5.85. The number of nitrogens with two attached hydrogens (primary N) is 2. The summed E-state index contributed by atoms with van der Waals surface area (Å²) in [5, 5.41) is 0. The van der Waals surface area contributed by atoms with Gasteiger partial charge < -0.3 is 16.4 Å². The summed E-state index contributed by atoms with van der Waals surface area (Å²) < 4.78 is 0. The summed E-state index contributed by atoms with van der Waals surface area (Å²) in [7, 11) is 0. The fourth-order valence-corrected chi connectivity index (χ4v) is 3.24. The molecule has 1 fully saturated rings. The molecule has 2 atom stereocenters. The van der Waals surface area contributed by atoms with Crippen molar-refractivity contribution in [3.63, 3.8) is 0 Å². The lowest BCUT2D eigenvalue weighted by Crippen LogP contribution is -2.50. The topological polar surface area (TPSA) is 72.3 Å². The van der Waals surface area contributed by atoms with Gasteiger partial charge >= 0.3 is 0 Å². The van der Waals surface area contributed by atoms with E-state index >= 15 is 0 Å². The van der Waals surface area contributed by atoms with Crippen molar-refractivity contribution in [2.24, 2.45) is 17.4 Å². The van der Waals surface area contributed by atoms with E-state index in [1.807, 2.05) is 30.3 Å². The van der Waals surface area contributed by atoms with Gasteiger partial charge in [0.2, 0.25) is 5.91 Å². The van der Waals surface area contributed by atoms with Gasteiger partial charge in [0.25, 0.3) is 0 Å². The molecule has 0 saturated carbocycles. The second-order valence-electron chi connectivity index (χ2n) is 6.20. The van der Waals surface area contributed by atoms with Crippen molar-refractivity contribution in [3.8, 4) is 0 Å². The summed E-state index contributed by atoms with van der Waals surface area (Å²) in [5.74, 6) is 0.352. The van der Waals surface area contributed by atoms with Crippen LogP contribution in [-0.2, 0) is 10.3 Å². The molecule has 1 amide bonds. The summed E-state index contributed by atoms with van der Waals surface area (Å²) in [4.78, 5) is 14.3. The van der Waals surface area contributed by atoms with Crippen LogP contribution in [0.4, 0.5) is 0 Å². The third-order valence-corrected chi connectivity index (χ3v) is 4.62. The van der Waals surface area contributed by atoms with Gasteiger partial charge in [-0.3, -0.25) is 4.79 Å². The van der Waals surface area contributed by atoms with E-state index in [1.54, 1.807) is 0 Å². The second-order valence-corrected chi connectivity index (χ2v) is 6.20. The van der Waals surface area contributed by atoms with Crippen LogP contribution in [0.1, 0.15) is 38.2 Å². The minimum absolute atomic E-state index is 0.446. The van der Waals surface area contributed by atoms with E-state index in [0.29, 0.717) is 6.42 Å². The predicted octanol–water partition coefficient (Wildman–Crippen LogP) is 1.84. The number of carbonyl (C=O) groups excluding carboxylic acids is 1. The van der Waals surface area contributed by atoms with Gasteiger partial charge in [-0.15, -0.1) is 0 Å². The summed E-state index contributed by atoms with van der Waals surface area (Å²) >= 11 is 0. The summed E-state index contributed by atoms with van der Waals surface area (Å²) in [6.45, 7) is 5.29. The largest absolute Gasteiger partial charge is 0.368 e. The lowest BCUT2D eigenvalue weighted by Gasteiger charge is -2.29. The van der Waals surface area contributed by atoms with Crippen LogP contribution in [0.25, 0.3) is 0 Å². The molecular formula is C17H27N3O. The molecule has 4 N–H and O–H groups in total. The first kappa shape index (κ1) is 16.0. The van der Waals surface area contributed by atoms with E-state index in [2.05, 4.69) is 11.8 Å². The van der Waals surface area contributed by atoms with E-state index in [4.69, 9.17) is 11.5 Å². The van der Waals surface area contributed by atoms with Gasteiger partial charge in [0.05, 0.1) is 0 Å². The van der Waals surface area contributed by atoms with Gasteiger partial charge in [-0.1, -0.05) is 43.7 Å². The number of amides is 1. The van der Waals surface area contributed by atoms with Gasteiger partial charge in [0.1, 0.15) is 5.54 Å². The number of hydrogen-bond acceptors (Lipinski definition) is 3. The van der Waals surface area contributed by atoms with Crippen molar-refractivity contribution in [1.82, 2.24) is 4.90 Å². The number of carbonyl (C=O) groups is 1. The predicted molar refractivity (Wildman–Crippen MR) is 85.6 cm³/mol. The van der Waals surface area contributed by atoms with Crippen LogP contribution >= 0.6 is 0 Å². The zero-order valence-corrected chi connectivity index (χ0v) is 12.9. The van der Waals surface area contributed by atoms with Crippen LogP contribution in [0, 0.1) is 5.92 Å². The van der Waals surface area contributed by atoms with Gasteiger partial charge in [-0.25, -0.2) is 0 Å². The Labute approximate surface area is 127 Å². The zero-order chi connectivity index (χ0) is 15.3. The van der Waals surface area contributed by atoms with Crippen LogP contribution in [0.15, 0.2) is 30.3 Å². The average molecular weight is 289 g/mol. The monoisotopic (exact) mass is 289 g/mol. The van der Waals surface area contributed by atoms with Gasteiger partial charge in [-0.05, 0) is 37.3 Å². The Bertz CT molecular complexity index is 462. The molecular weight excluding hydrogens is 262 g/mol. The quantitative estimate of drug-likeness (QED) is 0.804. The fourth-order valence-electron chi connectivity index (χ4n) is 3.24. The number of rotatable bonds is 7. The molecule has 1 aromatic rings. The molecule has 0 radical (unpaired) electrons. The van der Waals surface area contributed by atoms with Crippen LogP contribution in [0.5, 0.6) is 0 Å². The molecule has 1 saturated heterocycles. The summed E-state index contributed by atoms with van der Waals surface area (Å²) in [6, 6.07) is 9.48. The maximum Gasteiger partial charge on any atom is 0.242 e. The Kier molecular flexibility index (Phi) is 5.37.